The standard InChI is InChI=1S/C13H25NO2/c1-2-12(15)10-14-11-5-8-16-13(9-11)6-3-4-7-13/h11-12,14-15H,2-10H2,1H3. The van der Waals surface area contributed by atoms with Crippen LogP contribution in [0, 0.1) is 0 Å². The van der Waals surface area contributed by atoms with Gasteiger partial charge in [0.15, 0.2) is 0 Å². The van der Waals surface area contributed by atoms with E-state index >= 15 is 0 Å². The lowest BCUT2D eigenvalue weighted by Crippen LogP contribution is -2.47. The van der Waals surface area contributed by atoms with E-state index in [-0.39, 0.29) is 11.7 Å². The van der Waals surface area contributed by atoms with Gasteiger partial charge in [0.1, 0.15) is 0 Å². The molecule has 2 atom stereocenters. The smallest absolute Gasteiger partial charge is 0.0697 e. The Morgan fingerprint density at radius 3 is 2.88 bits per heavy atom. The van der Waals surface area contributed by atoms with Crippen molar-refractivity contribution in [2.45, 2.75) is 69.6 Å². The Hall–Kier alpha value is -0.120. The Morgan fingerprint density at radius 1 is 1.44 bits per heavy atom. The first kappa shape index (κ1) is 12.3. The Kier molecular flexibility index (Phi) is 4.22. The molecule has 0 aromatic carbocycles. The number of aliphatic hydroxyl groups excluding tert-OH is 1. The third-order valence-electron chi connectivity index (χ3n) is 4.12. The summed E-state index contributed by atoms with van der Waals surface area (Å²) in [7, 11) is 0. The fourth-order valence-electron chi connectivity index (χ4n) is 3.02. The van der Waals surface area contributed by atoms with Crippen molar-refractivity contribution in [3.63, 3.8) is 0 Å². The van der Waals surface area contributed by atoms with Crippen molar-refractivity contribution in [1.82, 2.24) is 5.32 Å². The number of hydrogen-bond donors (Lipinski definition) is 2. The van der Waals surface area contributed by atoms with Crippen molar-refractivity contribution in [2.75, 3.05) is 13.2 Å². The van der Waals surface area contributed by atoms with Gasteiger partial charge in [0.25, 0.3) is 0 Å². The number of hydrogen-bond acceptors (Lipinski definition) is 3. The molecule has 0 radical (unpaired) electrons. The van der Waals surface area contributed by atoms with Crippen LogP contribution in [-0.2, 0) is 4.74 Å². The van der Waals surface area contributed by atoms with Gasteiger partial charge >= 0.3 is 0 Å². The summed E-state index contributed by atoms with van der Waals surface area (Å²) in [6.07, 6.45) is 8.00. The molecule has 94 valence electrons. The Bertz CT molecular complexity index is 214. The zero-order valence-electron chi connectivity index (χ0n) is 10.4. The maximum atomic E-state index is 9.55. The third kappa shape index (κ3) is 2.96. The molecule has 2 fully saturated rings. The zero-order valence-corrected chi connectivity index (χ0v) is 10.4. The first-order valence-electron chi connectivity index (χ1n) is 6.79. The van der Waals surface area contributed by atoms with E-state index in [1.54, 1.807) is 0 Å². The largest absolute Gasteiger partial charge is 0.392 e. The molecule has 2 aliphatic rings. The average molecular weight is 227 g/mol. The van der Waals surface area contributed by atoms with Crippen LogP contribution in [0.2, 0.25) is 0 Å². The molecule has 1 spiro atoms. The van der Waals surface area contributed by atoms with Gasteiger partial charge in [0.05, 0.1) is 11.7 Å². The second-order valence-electron chi connectivity index (χ2n) is 5.40. The van der Waals surface area contributed by atoms with Crippen LogP contribution >= 0.6 is 0 Å². The average Bonchev–Trinajstić information content (AvgIpc) is 2.74. The highest BCUT2D eigenvalue weighted by atomic mass is 16.5. The van der Waals surface area contributed by atoms with Gasteiger partial charge < -0.3 is 15.2 Å². The van der Waals surface area contributed by atoms with Crippen molar-refractivity contribution < 1.29 is 9.84 Å². The fraction of sp³-hybridized carbons (Fsp3) is 1.00. The molecule has 3 nitrogen and oxygen atoms in total. The van der Waals surface area contributed by atoms with E-state index in [1.807, 2.05) is 6.92 Å². The summed E-state index contributed by atoms with van der Waals surface area (Å²) in [6, 6.07) is 0.549. The van der Waals surface area contributed by atoms with E-state index in [0.29, 0.717) is 6.04 Å². The molecular weight excluding hydrogens is 202 g/mol. The van der Waals surface area contributed by atoms with Crippen molar-refractivity contribution in [2.24, 2.45) is 0 Å². The normalized spacial score (nSPS) is 30.8. The van der Waals surface area contributed by atoms with Crippen LogP contribution < -0.4 is 5.32 Å². The molecule has 0 aromatic heterocycles. The highest BCUT2D eigenvalue weighted by Gasteiger charge is 2.39. The number of ether oxygens (including phenoxy) is 1. The second kappa shape index (κ2) is 5.48. The summed E-state index contributed by atoms with van der Waals surface area (Å²) in [6.45, 7) is 3.64. The minimum atomic E-state index is -0.192. The molecule has 0 aromatic rings. The van der Waals surface area contributed by atoms with E-state index in [0.717, 1.165) is 32.4 Å². The van der Waals surface area contributed by atoms with Crippen LogP contribution in [0.4, 0.5) is 0 Å². The van der Waals surface area contributed by atoms with Crippen LogP contribution in [-0.4, -0.2) is 36.0 Å². The maximum Gasteiger partial charge on any atom is 0.0697 e. The Morgan fingerprint density at radius 2 is 2.19 bits per heavy atom. The Labute approximate surface area is 98.6 Å². The van der Waals surface area contributed by atoms with E-state index in [1.165, 1.54) is 25.7 Å². The molecule has 1 saturated carbocycles. The van der Waals surface area contributed by atoms with E-state index in [9.17, 15) is 5.11 Å². The molecule has 2 rings (SSSR count). The molecule has 1 heterocycles. The predicted molar refractivity (Wildman–Crippen MR) is 64.5 cm³/mol. The monoisotopic (exact) mass is 227 g/mol. The lowest BCUT2D eigenvalue weighted by atomic mass is 9.89. The van der Waals surface area contributed by atoms with Crippen molar-refractivity contribution in [3.8, 4) is 0 Å². The minimum Gasteiger partial charge on any atom is -0.392 e. The summed E-state index contributed by atoms with van der Waals surface area (Å²) in [5.41, 5.74) is 0.188. The van der Waals surface area contributed by atoms with Gasteiger partial charge in [0.2, 0.25) is 0 Å². The van der Waals surface area contributed by atoms with Crippen molar-refractivity contribution in [3.05, 3.63) is 0 Å². The molecule has 1 saturated heterocycles. The maximum absolute atomic E-state index is 9.55. The first-order valence-corrected chi connectivity index (χ1v) is 6.79. The number of aliphatic hydroxyl groups is 1. The molecule has 3 heteroatoms. The van der Waals surface area contributed by atoms with Gasteiger partial charge in [-0.25, -0.2) is 0 Å². The molecule has 1 aliphatic heterocycles. The van der Waals surface area contributed by atoms with Gasteiger partial charge in [-0.3, -0.25) is 0 Å². The molecular formula is C13H25NO2. The lowest BCUT2D eigenvalue weighted by molar-refractivity contribution is -0.0843. The van der Waals surface area contributed by atoms with E-state index in [2.05, 4.69) is 5.32 Å². The predicted octanol–water partition coefficient (Wildman–Crippen LogP) is 1.84. The summed E-state index contributed by atoms with van der Waals surface area (Å²) in [5.74, 6) is 0. The molecule has 1 aliphatic carbocycles. The van der Waals surface area contributed by atoms with Crippen LogP contribution in [0.15, 0.2) is 0 Å². The molecule has 2 N–H and O–H groups in total. The van der Waals surface area contributed by atoms with Gasteiger partial charge in [0, 0.05) is 19.2 Å². The third-order valence-corrected chi connectivity index (χ3v) is 4.12. The number of nitrogens with one attached hydrogen (secondary N) is 1. The van der Waals surface area contributed by atoms with Crippen LogP contribution in [0.1, 0.15) is 51.9 Å². The summed E-state index contributed by atoms with van der Waals surface area (Å²) >= 11 is 0. The SMILES string of the molecule is CCC(O)CNC1CCOC2(CCCC2)C1. The first-order chi connectivity index (χ1) is 7.74. The summed E-state index contributed by atoms with van der Waals surface area (Å²) < 4.78 is 5.99. The van der Waals surface area contributed by atoms with E-state index < -0.39 is 0 Å². The Balaban J connectivity index is 1.78. The molecule has 0 bridgehead atoms. The van der Waals surface area contributed by atoms with Gasteiger partial charge in [-0.15, -0.1) is 0 Å². The highest BCUT2D eigenvalue weighted by molar-refractivity contribution is 4.93. The molecule has 2 unspecified atom stereocenters. The van der Waals surface area contributed by atoms with Crippen LogP contribution in [0.5, 0.6) is 0 Å². The molecule has 0 amide bonds. The van der Waals surface area contributed by atoms with Crippen LogP contribution in [0.3, 0.4) is 0 Å². The van der Waals surface area contributed by atoms with Crippen molar-refractivity contribution >= 4 is 0 Å². The second-order valence-corrected chi connectivity index (χ2v) is 5.40. The quantitative estimate of drug-likeness (QED) is 0.770. The summed E-state index contributed by atoms with van der Waals surface area (Å²) in [5, 5.41) is 13.0. The topological polar surface area (TPSA) is 41.5 Å². The molecule has 16 heavy (non-hydrogen) atoms. The lowest BCUT2D eigenvalue weighted by Gasteiger charge is -2.39. The number of rotatable bonds is 4. The van der Waals surface area contributed by atoms with Gasteiger partial charge in [-0.2, -0.15) is 0 Å². The summed E-state index contributed by atoms with van der Waals surface area (Å²) in [4.78, 5) is 0. The van der Waals surface area contributed by atoms with E-state index in [4.69, 9.17) is 4.74 Å². The minimum absolute atomic E-state index is 0.188. The fourth-order valence-corrected chi connectivity index (χ4v) is 3.02. The van der Waals surface area contributed by atoms with Crippen molar-refractivity contribution in [1.29, 1.82) is 0 Å². The van der Waals surface area contributed by atoms with Crippen LogP contribution in [0.25, 0.3) is 0 Å². The zero-order chi connectivity index (χ0) is 11.4. The highest BCUT2D eigenvalue weighted by Crippen LogP contribution is 2.39. The van der Waals surface area contributed by atoms with Gasteiger partial charge in [-0.05, 0) is 32.1 Å². The van der Waals surface area contributed by atoms with Gasteiger partial charge in [-0.1, -0.05) is 19.8 Å².